The van der Waals surface area contributed by atoms with E-state index in [4.69, 9.17) is 10.8 Å². The van der Waals surface area contributed by atoms with Crippen LogP contribution in [-0.2, 0) is 20.8 Å². The molecule has 1 aromatic rings. The lowest BCUT2D eigenvalue weighted by molar-refractivity contribution is -0.140. The fourth-order valence-corrected chi connectivity index (χ4v) is 3.54. The first-order chi connectivity index (χ1) is 13.7. The molecule has 9 N–H and O–H groups in total. The van der Waals surface area contributed by atoms with Gasteiger partial charge in [-0.25, -0.2) is 0 Å². The van der Waals surface area contributed by atoms with Gasteiger partial charge in [-0.15, -0.1) is 24.8 Å². The van der Waals surface area contributed by atoms with E-state index >= 15 is 0 Å². The van der Waals surface area contributed by atoms with Gasteiger partial charge < -0.3 is 32.0 Å². The second-order valence-electron chi connectivity index (χ2n) is 7.26. The van der Waals surface area contributed by atoms with Crippen molar-refractivity contribution >= 4 is 48.4 Å². The van der Waals surface area contributed by atoms with Crippen LogP contribution >= 0.6 is 24.8 Å². The van der Waals surface area contributed by atoms with Gasteiger partial charge in [0.15, 0.2) is 0 Å². The Balaban J connectivity index is -0.00000225. The number of nitrogen functional groups attached to an aromatic ring is 1. The van der Waals surface area contributed by atoms with Crippen molar-refractivity contribution in [1.29, 1.82) is 0 Å². The summed E-state index contributed by atoms with van der Waals surface area (Å²) in [5.74, 6) is -2.94. The van der Waals surface area contributed by atoms with Crippen molar-refractivity contribution < 1.29 is 40.7 Å². The molecule has 0 spiro atoms. The van der Waals surface area contributed by atoms with Crippen LogP contribution in [0.4, 0.5) is 5.69 Å². The van der Waals surface area contributed by atoms with Crippen molar-refractivity contribution in [2.24, 2.45) is 0 Å². The van der Waals surface area contributed by atoms with E-state index in [9.17, 15) is 24.6 Å². The molecule has 0 amide bonds. The molecule has 0 bridgehead atoms. The Hall–Kier alpha value is -2.19. The Morgan fingerprint density at radius 2 is 1.24 bits per heavy atom. The normalized spacial score (nSPS) is 17.4. The molecule has 1 saturated heterocycles. The van der Waals surface area contributed by atoms with Crippen LogP contribution in [0.1, 0.15) is 5.56 Å². The number of hydrogen-bond acceptors (Lipinski definition) is 7. The number of hydrogen-bond donors (Lipinski definition) is 4. The van der Waals surface area contributed by atoms with Crippen LogP contribution < -0.4 is 5.73 Å². The second-order valence-corrected chi connectivity index (χ2v) is 7.26. The molecule has 33 heavy (non-hydrogen) atoms. The summed E-state index contributed by atoms with van der Waals surface area (Å²) in [7, 11) is 0. The maximum absolute atomic E-state index is 11.4. The third kappa shape index (κ3) is 13.2. The lowest BCUT2D eigenvalue weighted by Crippen LogP contribution is -2.49. The van der Waals surface area contributed by atoms with Gasteiger partial charge in [-0.2, -0.15) is 0 Å². The average Bonchev–Trinajstić information content (AvgIpc) is 2.68. The lowest BCUT2D eigenvalue weighted by Gasteiger charge is -2.33. The molecule has 1 aliphatic rings. The Kier molecular flexibility index (Phi) is 18.6. The molecule has 0 unspecified atom stereocenters. The minimum atomic E-state index is -0.985. The highest BCUT2D eigenvalue weighted by Crippen LogP contribution is 2.15. The number of aliphatic carboxylic acids is 3. The predicted octanol–water partition coefficient (Wildman–Crippen LogP) is -1.45. The molecule has 1 fully saturated rings. The fourth-order valence-electron chi connectivity index (χ4n) is 3.54. The number of halogens is 2. The summed E-state index contributed by atoms with van der Waals surface area (Å²) in [6.07, 6.45) is 0.530. The summed E-state index contributed by atoms with van der Waals surface area (Å²) < 4.78 is 0. The highest BCUT2D eigenvalue weighted by molar-refractivity contribution is 5.85. The standard InChI is InChI=1S/C19H28N4O6.2ClH.2H2O/c20-15-3-1-14(2-4-15)9-16-10-22(12-18(26)27)6-5-21(11-17(24)25)7-8-23(16)13-19(28)29;;;;/h1-4,16H,5-13,20H2,(H,24,25)(H,26,27)(H,28,29);2*1H;2*1H2/t16-;;;;/m0..../s1. The van der Waals surface area contributed by atoms with E-state index in [-0.39, 0.29) is 61.4 Å². The molecule has 1 heterocycles. The van der Waals surface area contributed by atoms with Gasteiger partial charge >= 0.3 is 17.9 Å². The summed E-state index contributed by atoms with van der Waals surface area (Å²) in [5.41, 5.74) is 7.33. The Labute approximate surface area is 204 Å². The molecule has 1 atom stereocenters. The fraction of sp³-hybridized carbons (Fsp3) is 0.526. The van der Waals surface area contributed by atoms with Crippen LogP contribution in [0, 0.1) is 0 Å². The van der Waals surface area contributed by atoms with Gasteiger partial charge in [-0.05, 0) is 24.1 Å². The monoisotopic (exact) mass is 516 g/mol. The van der Waals surface area contributed by atoms with Gasteiger partial charge in [0, 0.05) is 44.5 Å². The van der Waals surface area contributed by atoms with Crippen molar-refractivity contribution in [2.45, 2.75) is 12.5 Å². The molecule has 1 aliphatic heterocycles. The number of anilines is 1. The summed E-state index contributed by atoms with van der Waals surface area (Å²) in [4.78, 5) is 39.1. The van der Waals surface area contributed by atoms with E-state index in [0.29, 0.717) is 44.8 Å². The number of carbonyl (C=O) groups is 3. The number of rotatable bonds is 8. The van der Waals surface area contributed by atoms with Gasteiger partial charge in [-0.1, -0.05) is 12.1 Å². The third-order valence-electron chi connectivity index (χ3n) is 4.93. The maximum atomic E-state index is 11.4. The summed E-state index contributed by atoms with van der Waals surface area (Å²) in [6.45, 7) is 1.34. The zero-order chi connectivity index (χ0) is 21.4. The van der Waals surface area contributed by atoms with Gasteiger partial charge in [0.25, 0.3) is 0 Å². The van der Waals surface area contributed by atoms with E-state index < -0.39 is 17.9 Å². The number of carboxylic acid groups (broad SMARTS) is 3. The van der Waals surface area contributed by atoms with Crippen LogP contribution in [-0.4, -0.2) is 117 Å². The Bertz CT molecular complexity index is 726. The summed E-state index contributed by atoms with van der Waals surface area (Å²) in [6, 6.07) is 7.06. The second kappa shape index (κ2) is 17.3. The molecule has 12 nitrogen and oxygen atoms in total. The molecule has 14 heteroatoms. The number of nitrogens with zero attached hydrogens (tertiary/aromatic N) is 3. The number of nitrogens with two attached hydrogens (primary N) is 1. The van der Waals surface area contributed by atoms with Crippen LogP contribution in [0.15, 0.2) is 24.3 Å². The van der Waals surface area contributed by atoms with Gasteiger partial charge in [0.1, 0.15) is 0 Å². The minimum absolute atomic E-state index is 0. The third-order valence-corrected chi connectivity index (χ3v) is 4.93. The van der Waals surface area contributed by atoms with Crippen molar-refractivity contribution in [3.05, 3.63) is 29.8 Å². The van der Waals surface area contributed by atoms with E-state index in [1.807, 2.05) is 12.1 Å². The minimum Gasteiger partial charge on any atom is -0.480 e. The number of benzene rings is 1. The predicted molar refractivity (Wildman–Crippen MR) is 127 cm³/mol. The molecule has 0 radical (unpaired) electrons. The quantitative estimate of drug-likeness (QED) is 0.295. The van der Waals surface area contributed by atoms with Gasteiger partial charge in [0.05, 0.1) is 19.6 Å². The average molecular weight is 517 g/mol. The van der Waals surface area contributed by atoms with Gasteiger partial charge in [0.2, 0.25) is 0 Å². The molecule has 0 saturated carbocycles. The van der Waals surface area contributed by atoms with Gasteiger partial charge in [-0.3, -0.25) is 29.1 Å². The molecule has 0 aromatic heterocycles. The largest absolute Gasteiger partial charge is 0.480 e. The smallest absolute Gasteiger partial charge is 0.317 e. The first-order valence-corrected chi connectivity index (χ1v) is 9.41. The van der Waals surface area contributed by atoms with E-state index in [1.165, 1.54) is 0 Å². The van der Waals surface area contributed by atoms with Crippen LogP contribution in [0.3, 0.4) is 0 Å². The highest BCUT2D eigenvalue weighted by Gasteiger charge is 2.27. The van der Waals surface area contributed by atoms with E-state index in [1.54, 1.807) is 26.8 Å². The topological polar surface area (TPSA) is 211 Å². The maximum Gasteiger partial charge on any atom is 0.317 e. The number of carboxylic acids is 3. The molecule has 192 valence electrons. The Morgan fingerprint density at radius 1 is 0.788 bits per heavy atom. The van der Waals surface area contributed by atoms with Crippen molar-refractivity contribution in [3.63, 3.8) is 0 Å². The molecular formula is C19H34Cl2N4O8. The van der Waals surface area contributed by atoms with Crippen molar-refractivity contribution in [1.82, 2.24) is 14.7 Å². The van der Waals surface area contributed by atoms with Crippen LogP contribution in [0.2, 0.25) is 0 Å². The SMILES string of the molecule is Cl.Cl.Nc1ccc(C[C@H]2CN(CC(=O)O)CCN(CC(=O)O)CCN2CC(=O)O)cc1.O.O. The molecule has 2 rings (SSSR count). The summed E-state index contributed by atoms with van der Waals surface area (Å²) >= 11 is 0. The van der Waals surface area contributed by atoms with Crippen molar-refractivity contribution in [2.75, 3.05) is 58.1 Å². The molecule has 0 aliphatic carbocycles. The Morgan fingerprint density at radius 3 is 1.76 bits per heavy atom. The highest BCUT2D eigenvalue weighted by atomic mass is 35.5. The lowest BCUT2D eigenvalue weighted by atomic mass is 10.0. The van der Waals surface area contributed by atoms with Crippen LogP contribution in [0.5, 0.6) is 0 Å². The van der Waals surface area contributed by atoms with E-state index in [2.05, 4.69) is 0 Å². The first kappa shape index (κ1) is 35.4. The van der Waals surface area contributed by atoms with Crippen LogP contribution in [0.25, 0.3) is 0 Å². The van der Waals surface area contributed by atoms with E-state index in [0.717, 1.165) is 5.56 Å². The zero-order valence-electron chi connectivity index (χ0n) is 18.1. The first-order valence-electron chi connectivity index (χ1n) is 9.41. The summed E-state index contributed by atoms with van der Waals surface area (Å²) in [5, 5.41) is 27.7. The van der Waals surface area contributed by atoms with Crippen molar-refractivity contribution in [3.8, 4) is 0 Å². The molecule has 1 aromatic carbocycles. The molecular weight excluding hydrogens is 483 g/mol. The zero-order valence-corrected chi connectivity index (χ0v) is 19.7.